The van der Waals surface area contributed by atoms with Gasteiger partial charge in [0.05, 0.1) is 4.90 Å². The quantitative estimate of drug-likeness (QED) is 0.765. The van der Waals surface area contributed by atoms with Gasteiger partial charge >= 0.3 is 0 Å². The standard InChI is InChI=1S/C18H23N3O4S2/c1-18(2,14-7-10-25-11-8-14)20-16(22)13-3-5-15(6-4-13)27(23,24)21-17-19-9-12-26-17/h3-6,9,12,14H,7-8,10-11H2,1-2H3,(H,19,21)(H,20,22). The number of rotatable bonds is 6. The first-order chi connectivity index (χ1) is 12.8. The molecular formula is C18H23N3O4S2. The molecule has 2 heterocycles. The van der Waals surface area contributed by atoms with E-state index in [0.29, 0.717) is 29.8 Å². The first-order valence-electron chi connectivity index (χ1n) is 8.70. The van der Waals surface area contributed by atoms with Crippen LogP contribution in [0.25, 0.3) is 0 Å². The summed E-state index contributed by atoms with van der Waals surface area (Å²) in [4.78, 5) is 16.6. The monoisotopic (exact) mass is 409 g/mol. The van der Waals surface area contributed by atoms with Crippen molar-refractivity contribution in [3.63, 3.8) is 0 Å². The van der Waals surface area contributed by atoms with Gasteiger partial charge in [0.1, 0.15) is 0 Å². The number of anilines is 1. The molecule has 1 aromatic heterocycles. The number of sulfonamides is 1. The summed E-state index contributed by atoms with van der Waals surface area (Å²) >= 11 is 1.20. The highest BCUT2D eigenvalue weighted by molar-refractivity contribution is 7.93. The first-order valence-corrected chi connectivity index (χ1v) is 11.1. The molecule has 0 spiro atoms. The summed E-state index contributed by atoms with van der Waals surface area (Å²) in [5.74, 6) is 0.126. The third-order valence-corrected chi connectivity index (χ3v) is 6.93. The lowest BCUT2D eigenvalue weighted by Crippen LogP contribution is -2.50. The van der Waals surface area contributed by atoms with Crippen molar-refractivity contribution >= 4 is 32.4 Å². The number of hydrogen-bond donors (Lipinski definition) is 2. The fourth-order valence-corrected chi connectivity index (χ4v) is 4.91. The van der Waals surface area contributed by atoms with Crippen LogP contribution in [-0.2, 0) is 14.8 Å². The molecule has 0 atom stereocenters. The van der Waals surface area contributed by atoms with E-state index in [1.807, 2.05) is 13.8 Å². The minimum absolute atomic E-state index is 0.0814. The number of nitrogens with zero attached hydrogens (tertiary/aromatic N) is 1. The molecule has 1 aromatic carbocycles. The lowest BCUT2D eigenvalue weighted by atomic mass is 9.81. The van der Waals surface area contributed by atoms with Crippen LogP contribution in [0.3, 0.4) is 0 Å². The molecule has 1 amide bonds. The van der Waals surface area contributed by atoms with Crippen LogP contribution in [0.5, 0.6) is 0 Å². The van der Waals surface area contributed by atoms with Crippen LogP contribution in [0.4, 0.5) is 5.13 Å². The Labute approximate surface area is 163 Å². The molecule has 0 bridgehead atoms. The molecule has 2 aromatic rings. The second-order valence-electron chi connectivity index (χ2n) is 7.03. The Morgan fingerprint density at radius 3 is 2.48 bits per heavy atom. The van der Waals surface area contributed by atoms with Gasteiger partial charge in [-0.05, 0) is 56.9 Å². The molecule has 1 aliphatic heterocycles. The molecule has 0 unspecified atom stereocenters. The number of hydrogen-bond acceptors (Lipinski definition) is 6. The van der Waals surface area contributed by atoms with Crippen molar-refractivity contribution < 1.29 is 17.9 Å². The summed E-state index contributed by atoms with van der Waals surface area (Å²) in [6.45, 7) is 5.45. The van der Waals surface area contributed by atoms with Crippen molar-refractivity contribution in [3.8, 4) is 0 Å². The topological polar surface area (TPSA) is 97.4 Å². The molecule has 9 heteroatoms. The Hall–Kier alpha value is -1.97. The van der Waals surface area contributed by atoms with Crippen LogP contribution in [0.2, 0.25) is 0 Å². The van der Waals surface area contributed by atoms with Crippen molar-refractivity contribution in [1.29, 1.82) is 0 Å². The van der Waals surface area contributed by atoms with Gasteiger partial charge in [0.2, 0.25) is 0 Å². The van der Waals surface area contributed by atoms with E-state index in [1.54, 1.807) is 5.38 Å². The Kier molecular flexibility index (Phi) is 5.83. The average molecular weight is 410 g/mol. The third kappa shape index (κ3) is 4.85. The molecule has 0 aliphatic carbocycles. The SMILES string of the molecule is CC(C)(NC(=O)c1ccc(S(=O)(=O)Nc2nccs2)cc1)C1CCOCC1. The lowest BCUT2D eigenvalue weighted by molar-refractivity contribution is 0.0355. The van der Waals surface area contributed by atoms with Gasteiger partial charge < -0.3 is 10.1 Å². The van der Waals surface area contributed by atoms with Crippen molar-refractivity contribution in [1.82, 2.24) is 10.3 Å². The first kappa shape index (κ1) is 19.8. The molecule has 0 radical (unpaired) electrons. The summed E-state index contributed by atoms with van der Waals surface area (Å²) in [6.07, 6.45) is 3.34. The van der Waals surface area contributed by atoms with Gasteiger partial charge in [0.25, 0.3) is 15.9 Å². The Balaban J connectivity index is 1.68. The smallest absolute Gasteiger partial charge is 0.263 e. The maximum atomic E-state index is 12.6. The molecule has 1 fully saturated rings. The maximum absolute atomic E-state index is 12.6. The van der Waals surface area contributed by atoms with Gasteiger partial charge in [0.15, 0.2) is 5.13 Å². The Morgan fingerprint density at radius 2 is 1.89 bits per heavy atom. The van der Waals surface area contributed by atoms with Crippen molar-refractivity contribution in [2.75, 3.05) is 17.9 Å². The highest BCUT2D eigenvalue weighted by Crippen LogP contribution is 2.27. The number of ether oxygens (including phenoxy) is 1. The zero-order chi connectivity index (χ0) is 19.5. The van der Waals surface area contributed by atoms with Crippen LogP contribution in [-0.4, -0.2) is 38.1 Å². The number of aromatic nitrogens is 1. The second-order valence-corrected chi connectivity index (χ2v) is 9.61. The zero-order valence-electron chi connectivity index (χ0n) is 15.3. The van der Waals surface area contributed by atoms with Crippen LogP contribution < -0.4 is 10.0 Å². The molecule has 27 heavy (non-hydrogen) atoms. The number of carbonyl (C=O) groups excluding carboxylic acids is 1. The summed E-state index contributed by atoms with van der Waals surface area (Å²) in [7, 11) is -3.73. The molecule has 146 valence electrons. The summed E-state index contributed by atoms with van der Waals surface area (Å²) in [5.41, 5.74) is 0.0567. The van der Waals surface area contributed by atoms with Crippen LogP contribution >= 0.6 is 11.3 Å². The normalized spacial score (nSPS) is 16.1. The molecule has 0 saturated carbocycles. The van der Waals surface area contributed by atoms with Crippen molar-refractivity contribution in [2.24, 2.45) is 5.92 Å². The maximum Gasteiger partial charge on any atom is 0.263 e. The molecule has 2 N–H and O–H groups in total. The number of nitrogens with one attached hydrogen (secondary N) is 2. The number of benzene rings is 1. The minimum Gasteiger partial charge on any atom is -0.381 e. The molecular weight excluding hydrogens is 386 g/mol. The van der Waals surface area contributed by atoms with E-state index in [2.05, 4.69) is 15.0 Å². The molecule has 1 saturated heterocycles. The van der Waals surface area contributed by atoms with Gasteiger partial charge in [-0.1, -0.05) is 0 Å². The van der Waals surface area contributed by atoms with Crippen molar-refractivity contribution in [3.05, 3.63) is 41.4 Å². The van der Waals surface area contributed by atoms with Gasteiger partial charge in [-0.3, -0.25) is 9.52 Å². The van der Waals surface area contributed by atoms with Gasteiger partial charge in [-0.25, -0.2) is 13.4 Å². The fourth-order valence-electron chi connectivity index (χ4n) is 3.12. The van der Waals surface area contributed by atoms with E-state index in [0.717, 1.165) is 12.8 Å². The molecule has 3 rings (SSSR count). The highest BCUT2D eigenvalue weighted by atomic mass is 32.2. The molecule has 1 aliphatic rings. The Bertz CT molecular complexity index is 872. The summed E-state index contributed by atoms with van der Waals surface area (Å²) in [6, 6.07) is 5.89. The van der Waals surface area contributed by atoms with E-state index < -0.39 is 10.0 Å². The predicted molar refractivity (Wildman–Crippen MR) is 104 cm³/mol. The molecule has 7 nitrogen and oxygen atoms in total. The van der Waals surface area contributed by atoms with E-state index in [4.69, 9.17) is 4.74 Å². The average Bonchev–Trinajstić information content (AvgIpc) is 3.14. The van der Waals surface area contributed by atoms with Crippen LogP contribution in [0.15, 0.2) is 40.7 Å². The van der Waals surface area contributed by atoms with Gasteiger partial charge in [-0.15, -0.1) is 11.3 Å². The van der Waals surface area contributed by atoms with Crippen LogP contribution in [0, 0.1) is 5.92 Å². The van der Waals surface area contributed by atoms with E-state index in [1.165, 1.54) is 41.8 Å². The Morgan fingerprint density at radius 1 is 1.22 bits per heavy atom. The van der Waals surface area contributed by atoms with Gasteiger partial charge in [0, 0.05) is 35.9 Å². The third-order valence-electron chi connectivity index (χ3n) is 4.76. The van der Waals surface area contributed by atoms with Crippen molar-refractivity contribution in [2.45, 2.75) is 37.1 Å². The highest BCUT2D eigenvalue weighted by Gasteiger charge is 2.32. The largest absolute Gasteiger partial charge is 0.381 e. The van der Waals surface area contributed by atoms with E-state index in [-0.39, 0.29) is 16.3 Å². The van der Waals surface area contributed by atoms with Gasteiger partial charge in [-0.2, -0.15) is 0 Å². The fraction of sp³-hybridized carbons (Fsp3) is 0.444. The minimum atomic E-state index is -3.73. The summed E-state index contributed by atoms with van der Waals surface area (Å²) < 4.78 is 32.5. The second kappa shape index (κ2) is 7.95. The van der Waals surface area contributed by atoms with Crippen LogP contribution in [0.1, 0.15) is 37.0 Å². The number of amides is 1. The lowest BCUT2D eigenvalue weighted by Gasteiger charge is -2.37. The predicted octanol–water partition coefficient (Wildman–Crippen LogP) is 2.88. The van der Waals surface area contributed by atoms with E-state index in [9.17, 15) is 13.2 Å². The number of thiazole rings is 1. The summed E-state index contributed by atoms with van der Waals surface area (Å²) in [5, 5.41) is 5.06. The van der Waals surface area contributed by atoms with E-state index >= 15 is 0 Å². The zero-order valence-corrected chi connectivity index (χ0v) is 16.9. The number of carbonyl (C=O) groups is 1.